The van der Waals surface area contributed by atoms with Gasteiger partial charge < -0.3 is 9.84 Å². The van der Waals surface area contributed by atoms with Crippen LogP contribution in [0.1, 0.15) is 27.6 Å². The third kappa shape index (κ3) is 2.42. The molecule has 6 nitrogen and oxygen atoms in total. The van der Waals surface area contributed by atoms with Gasteiger partial charge in [-0.3, -0.25) is 14.3 Å². The van der Waals surface area contributed by atoms with Crippen molar-refractivity contribution in [1.29, 1.82) is 0 Å². The average molecular weight is 370 g/mol. The fraction of sp³-hybridized carbons (Fsp3) is 0.0556. The van der Waals surface area contributed by atoms with Crippen molar-refractivity contribution in [3.8, 4) is 11.6 Å². The molecule has 1 aliphatic rings. The molecule has 0 bridgehead atoms. The second kappa shape index (κ2) is 5.92. The number of hydrogen-bond acceptors (Lipinski definition) is 5. The summed E-state index contributed by atoms with van der Waals surface area (Å²) in [5, 5.41) is 10.7. The van der Waals surface area contributed by atoms with E-state index in [2.05, 4.69) is 4.98 Å². The summed E-state index contributed by atoms with van der Waals surface area (Å²) in [6.07, 6.45) is -1.07. The summed E-state index contributed by atoms with van der Waals surface area (Å²) < 4.78 is 19.6. The monoisotopic (exact) mass is 370 g/mol. The summed E-state index contributed by atoms with van der Waals surface area (Å²) in [7, 11) is 0. The van der Waals surface area contributed by atoms with Gasteiger partial charge in [0.2, 0.25) is 5.88 Å². The van der Waals surface area contributed by atoms with Crippen LogP contribution in [-0.4, -0.2) is 20.6 Å². The number of carbonyl (C=O) groups excluding carboxylic acids is 1. The summed E-state index contributed by atoms with van der Waals surface area (Å²) in [6, 6.07) is 11.8. The van der Waals surface area contributed by atoms with Crippen LogP contribution in [0.15, 0.2) is 53.3 Å². The van der Waals surface area contributed by atoms with Crippen molar-refractivity contribution in [1.82, 2.24) is 9.55 Å². The molecule has 4 rings (SSSR count). The van der Waals surface area contributed by atoms with E-state index in [0.29, 0.717) is 16.8 Å². The minimum atomic E-state index is -1.07. The molecule has 0 spiro atoms. The number of cyclic esters (lactones) is 1. The molecule has 2 aromatic carbocycles. The largest absolute Gasteiger partial charge is 0.494 e. The minimum absolute atomic E-state index is 0.0690. The van der Waals surface area contributed by atoms with Crippen LogP contribution < -0.4 is 5.56 Å². The zero-order valence-electron chi connectivity index (χ0n) is 13.1. The summed E-state index contributed by atoms with van der Waals surface area (Å²) in [4.78, 5) is 27.0. The van der Waals surface area contributed by atoms with Crippen molar-refractivity contribution < 1.29 is 19.0 Å². The lowest BCUT2D eigenvalue weighted by Crippen LogP contribution is -2.21. The van der Waals surface area contributed by atoms with Crippen molar-refractivity contribution in [3.05, 3.63) is 86.2 Å². The Bertz CT molecular complexity index is 1150. The number of ether oxygens (including phenoxy) is 1. The van der Waals surface area contributed by atoms with Crippen LogP contribution in [0.3, 0.4) is 0 Å². The number of esters is 1. The third-order valence-corrected chi connectivity index (χ3v) is 4.44. The molecule has 3 aromatic rings. The van der Waals surface area contributed by atoms with E-state index in [1.807, 2.05) is 0 Å². The van der Waals surface area contributed by atoms with Gasteiger partial charge in [0.1, 0.15) is 11.4 Å². The van der Waals surface area contributed by atoms with Crippen LogP contribution in [0.25, 0.3) is 5.69 Å². The molecule has 0 saturated heterocycles. The summed E-state index contributed by atoms with van der Waals surface area (Å²) in [5.74, 6) is -1.51. The van der Waals surface area contributed by atoms with Crippen molar-refractivity contribution in [2.24, 2.45) is 0 Å². The highest BCUT2D eigenvalue weighted by atomic mass is 32.1. The molecule has 0 unspecified atom stereocenters. The van der Waals surface area contributed by atoms with Crippen LogP contribution in [0.2, 0.25) is 0 Å². The van der Waals surface area contributed by atoms with Gasteiger partial charge in [0.15, 0.2) is 10.9 Å². The average Bonchev–Trinajstić information content (AvgIpc) is 2.93. The molecule has 130 valence electrons. The van der Waals surface area contributed by atoms with Crippen LogP contribution >= 0.6 is 12.2 Å². The van der Waals surface area contributed by atoms with Crippen molar-refractivity contribution in [3.63, 3.8) is 0 Å². The lowest BCUT2D eigenvalue weighted by atomic mass is 10.0. The van der Waals surface area contributed by atoms with E-state index in [1.54, 1.807) is 24.3 Å². The third-order valence-electron chi connectivity index (χ3n) is 4.16. The predicted molar refractivity (Wildman–Crippen MR) is 92.5 cm³/mol. The van der Waals surface area contributed by atoms with Gasteiger partial charge in [-0.25, -0.2) is 9.18 Å². The maximum atomic E-state index is 13.2. The van der Waals surface area contributed by atoms with E-state index < -0.39 is 29.3 Å². The molecule has 0 fully saturated rings. The van der Waals surface area contributed by atoms with Gasteiger partial charge in [0.25, 0.3) is 5.56 Å². The molecule has 26 heavy (non-hydrogen) atoms. The molecule has 1 aromatic heterocycles. The van der Waals surface area contributed by atoms with E-state index in [-0.39, 0.29) is 10.3 Å². The first-order chi connectivity index (χ1) is 12.5. The van der Waals surface area contributed by atoms with Gasteiger partial charge in [-0.15, -0.1) is 0 Å². The second-order valence-electron chi connectivity index (χ2n) is 5.68. The Kier molecular flexibility index (Phi) is 3.69. The maximum absolute atomic E-state index is 13.2. The standard InChI is InChI=1S/C18H11FN2O4S/c19-9-5-7-10(8-6-9)21-16(23)13(15(22)20-18(21)26)14-11-3-1-2-4-12(11)17(24)25-14/h1-8,14,23H,(H,20,22,26)/t14-/m0/s1. The van der Waals surface area contributed by atoms with E-state index in [4.69, 9.17) is 17.0 Å². The van der Waals surface area contributed by atoms with Gasteiger partial charge >= 0.3 is 5.97 Å². The summed E-state index contributed by atoms with van der Waals surface area (Å²) in [5.41, 5.74) is 0.332. The zero-order valence-corrected chi connectivity index (χ0v) is 13.9. The van der Waals surface area contributed by atoms with Gasteiger partial charge in [-0.1, -0.05) is 18.2 Å². The van der Waals surface area contributed by atoms with Crippen molar-refractivity contribution in [2.45, 2.75) is 6.10 Å². The molecular formula is C18H11FN2O4S. The van der Waals surface area contributed by atoms with Crippen LogP contribution in [0.5, 0.6) is 5.88 Å². The molecule has 0 saturated carbocycles. The Morgan fingerprint density at radius 3 is 2.54 bits per heavy atom. The molecule has 0 amide bonds. The number of aromatic amines is 1. The van der Waals surface area contributed by atoms with Gasteiger partial charge in [-0.2, -0.15) is 0 Å². The van der Waals surface area contributed by atoms with Crippen LogP contribution in [0.4, 0.5) is 4.39 Å². The molecule has 8 heteroatoms. The summed E-state index contributed by atoms with van der Waals surface area (Å²) in [6.45, 7) is 0. The Morgan fingerprint density at radius 2 is 1.81 bits per heavy atom. The molecule has 2 N–H and O–H groups in total. The van der Waals surface area contributed by atoms with Gasteiger partial charge in [0, 0.05) is 5.56 Å². The zero-order chi connectivity index (χ0) is 18.4. The molecule has 1 atom stereocenters. The number of halogens is 1. The Hall–Kier alpha value is -3.26. The molecule has 0 aliphatic carbocycles. The lowest BCUT2D eigenvalue weighted by Gasteiger charge is -2.16. The first-order valence-electron chi connectivity index (χ1n) is 7.61. The Labute approximate surface area is 151 Å². The van der Waals surface area contributed by atoms with Crippen LogP contribution in [-0.2, 0) is 4.74 Å². The number of fused-ring (bicyclic) bond motifs is 1. The molecule has 1 aliphatic heterocycles. The smallest absolute Gasteiger partial charge is 0.339 e. The number of carbonyl (C=O) groups is 1. The molecular weight excluding hydrogens is 359 g/mol. The fourth-order valence-electron chi connectivity index (χ4n) is 2.96. The quantitative estimate of drug-likeness (QED) is 0.535. The lowest BCUT2D eigenvalue weighted by molar-refractivity contribution is 0.0449. The van der Waals surface area contributed by atoms with E-state index >= 15 is 0 Å². The fourth-order valence-corrected chi connectivity index (χ4v) is 3.25. The SMILES string of the molecule is O=C1O[C@H](c2c(O)n(-c3ccc(F)cc3)c(=S)[nH]c2=O)c2ccccc21. The Balaban J connectivity index is 1.96. The number of nitrogens with zero attached hydrogens (tertiary/aromatic N) is 1. The topological polar surface area (TPSA) is 84.3 Å². The number of rotatable bonds is 2. The van der Waals surface area contributed by atoms with Crippen molar-refractivity contribution in [2.75, 3.05) is 0 Å². The maximum Gasteiger partial charge on any atom is 0.339 e. The highest BCUT2D eigenvalue weighted by molar-refractivity contribution is 7.71. The van der Waals surface area contributed by atoms with Gasteiger partial charge in [0.05, 0.1) is 11.3 Å². The number of hydrogen-bond donors (Lipinski definition) is 2. The first kappa shape index (κ1) is 16.2. The second-order valence-corrected chi connectivity index (χ2v) is 6.07. The normalized spacial score (nSPS) is 15.6. The predicted octanol–water partition coefficient (Wildman–Crippen LogP) is 3.00. The van der Waals surface area contributed by atoms with Gasteiger partial charge in [-0.05, 0) is 42.5 Å². The summed E-state index contributed by atoms with van der Waals surface area (Å²) >= 11 is 5.12. The number of aromatic nitrogens is 2. The van der Waals surface area contributed by atoms with E-state index in [9.17, 15) is 19.1 Å². The Morgan fingerprint density at radius 1 is 1.12 bits per heavy atom. The van der Waals surface area contributed by atoms with Crippen LogP contribution in [0, 0.1) is 10.6 Å². The van der Waals surface area contributed by atoms with E-state index in [0.717, 1.165) is 0 Å². The number of nitrogens with one attached hydrogen (secondary N) is 1. The molecule has 0 radical (unpaired) electrons. The first-order valence-corrected chi connectivity index (χ1v) is 8.02. The highest BCUT2D eigenvalue weighted by Crippen LogP contribution is 2.38. The number of H-pyrrole nitrogens is 1. The minimum Gasteiger partial charge on any atom is -0.494 e. The number of benzene rings is 2. The number of aromatic hydroxyl groups is 1. The highest BCUT2D eigenvalue weighted by Gasteiger charge is 2.36. The van der Waals surface area contributed by atoms with E-state index in [1.165, 1.54) is 28.8 Å². The molecule has 2 heterocycles. The van der Waals surface area contributed by atoms with Crippen molar-refractivity contribution >= 4 is 18.2 Å².